The lowest BCUT2D eigenvalue weighted by molar-refractivity contribution is -0.0498. The number of imidazole rings is 1. The van der Waals surface area contributed by atoms with Gasteiger partial charge in [0.2, 0.25) is 0 Å². The molecule has 0 saturated carbocycles. The van der Waals surface area contributed by atoms with Gasteiger partial charge in [-0.05, 0) is 31.2 Å². The predicted octanol–water partition coefficient (Wildman–Crippen LogP) is 1.76. The fourth-order valence-electron chi connectivity index (χ4n) is 1.57. The Hall–Kier alpha value is -2.31. The van der Waals surface area contributed by atoms with Gasteiger partial charge in [-0.15, -0.1) is 0 Å². The Kier molecular flexibility index (Phi) is 3.05. The summed E-state index contributed by atoms with van der Waals surface area (Å²) in [6.07, 6.45) is 0. The van der Waals surface area contributed by atoms with Gasteiger partial charge in [0.25, 0.3) is 0 Å². The summed E-state index contributed by atoms with van der Waals surface area (Å²) in [7, 11) is 0. The molecule has 0 atom stereocenters. The summed E-state index contributed by atoms with van der Waals surface area (Å²) in [6, 6.07) is 6.03. The number of rotatable bonds is 3. The molecule has 0 radical (unpaired) electrons. The number of hydrogen-bond acceptors (Lipinski definition) is 4. The van der Waals surface area contributed by atoms with Crippen LogP contribution in [0.1, 0.15) is 5.82 Å². The van der Waals surface area contributed by atoms with Gasteiger partial charge in [-0.3, -0.25) is 0 Å². The lowest BCUT2D eigenvalue weighted by Gasteiger charge is -2.05. The molecule has 0 amide bonds. The quantitative estimate of drug-likeness (QED) is 0.818. The van der Waals surface area contributed by atoms with Gasteiger partial charge >= 0.3 is 6.61 Å². The molecule has 1 aromatic heterocycles. The molecule has 4 N–H and O–H groups in total. The maximum Gasteiger partial charge on any atom is 0.387 e. The predicted molar refractivity (Wildman–Crippen MR) is 63.6 cm³/mol. The number of alkyl halides is 2. The first-order chi connectivity index (χ1) is 8.49. The molecule has 96 valence electrons. The first kappa shape index (κ1) is 12.2. The Morgan fingerprint density at radius 2 is 1.89 bits per heavy atom. The largest absolute Gasteiger partial charge is 0.435 e. The van der Waals surface area contributed by atoms with E-state index in [1.807, 2.05) is 0 Å². The number of nitrogen functional groups attached to an aromatic ring is 2. The number of anilines is 1. The summed E-state index contributed by atoms with van der Waals surface area (Å²) in [4.78, 5) is 4.19. The first-order valence-electron chi connectivity index (χ1n) is 5.14. The maximum atomic E-state index is 12.0. The fourth-order valence-corrected chi connectivity index (χ4v) is 1.57. The zero-order chi connectivity index (χ0) is 13.3. The first-order valence-corrected chi connectivity index (χ1v) is 5.14. The molecule has 2 aromatic rings. The number of halogens is 2. The van der Waals surface area contributed by atoms with Crippen LogP contribution in [0, 0.1) is 6.92 Å². The van der Waals surface area contributed by atoms with Crippen molar-refractivity contribution in [3.05, 3.63) is 30.1 Å². The van der Waals surface area contributed by atoms with Crippen LogP contribution in [0.4, 0.5) is 14.6 Å². The molecule has 18 heavy (non-hydrogen) atoms. The zero-order valence-electron chi connectivity index (χ0n) is 9.60. The van der Waals surface area contributed by atoms with E-state index in [4.69, 9.17) is 11.6 Å². The summed E-state index contributed by atoms with van der Waals surface area (Å²) in [6.45, 7) is -1.12. The SMILES string of the molecule is Cc1nc(-c2ccc(OC(F)F)cc2)c(N)n1N. The van der Waals surface area contributed by atoms with Gasteiger partial charge in [-0.2, -0.15) is 8.78 Å². The molecule has 0 spiro atoms. The second-order valence-electron chi connectivity index (χ2n) is 3.67. The molecule has 1 heterocycles. The van der Waals surface area contributed by atoms with E-state index in [-0.39, 0.29) is 5.75 Å². The summed E-state index contributed by atoms with van der Waals surface area (Å²) < 4.78 is 29.5. The van der Waals surface area contributed by atoms with E-state index in [0.717, 1.165) is 0 Å². The molecule has 7 heteroatoms. The fraction of sp³-hybridized carbons (Fsp3) is 0.182. The van der Waals surface area contributed by atoms with Crippen molar-refractivity contribution < 1.29 is 13.5 Å². The number of benzene rings is 1. The average Bonchev–Trinajstić information content (AvgIpc) is 2.57. The van der Waals surface area contributed by atoms with Crippen LogP contribution in [0.3, 0.4) is 0 Å². The van der Waals surface area contributed by atoms with Crippen LogP contribution in [0.25, 0.3) is 11.3 Å². The number of hydrogen-bond donors (Lipinski definition) is 2. The molecule has 5 nitrogen and oxygen atoms in total. The van der Waals surface area contributed by atoms with E-state index >= 15 is 0 Å². The standard InChI is InChI=1S/C11H12F2N4O/c1-6-16-9(10(14)17(6)15)7-2-4-8(5-3-7)18-11(12)13/h2-5,11H,14-15H2,1H3. The van der Waals surface area contributed by atoms with Crippen LogP contribution >= 0.6 is 0 Å². The molecule has 1 aromatic carbocycles. The molecule has 0 bridgehead atoms. The lowest BCUT2D eigenvalue weighted by atomic mass is 10.1. The van der Waals surface area contributed by atoms with E-state index in [1.54, 1.807) is 19.1 Å². The van der Waals surface area contributed by atoms with Gasteiger partial charge < -0.3 is 16.3 Å². The highest BCUT2D eigenvalue weighted by Crippen LogP contribution is 2.26. The second-order valence-corrected chi connectivity index (χ2v) is 3.67. The van der Waals surface area contributed by atoms with Crippen molar-refractivity contribution in [2.45, 2.75) is 13.5 Å². The van der Waals surface area contributed by atoms with E-state index < -0.39 is 6.61 Å². The Labute approximate surface area is 102 Å². The smallest absolute Gasteiger partial charge is 0.387 e. The number of nitrogens with zero attached hydrogens (tertiary/aromatic N) is 2. The summed E-state index contributed by atoms with van der Waals surface area (Å²) in [5.74, 6) is 6.60. The van der Waals surface area contributed by atoms with Gasteiger partial charge in [0.05, 0.1) is 0 Å². The van der Waals surface area contributed by atoms with E-state index in [2.05, 4.69) is 9.72 Å². The van der Waals surface area contributed by atoms with Crippen molar-refractivity contribution in [3.8, 4) is 17.0 Å². The van der Waals surface area contributed by atoms with Crippen molar-refractivity contribution in [2.75, 3.05) is 11.6 Å². The Bertz CT molecular complexity index is 551. The molecule has 0 unspecified atom stereocenters. The molecular formula is C11H12F2N4O. The minimum atomic E-state index is -2.84. The van der Waals surface area contributed by atoms with E-state index in [1.165, 1.54) is 16.8 Å². The number of nitrogens with two attached hydrogens (primary N) is 2. The molecule has 2 rings (SSSR count). The Balaban J connectivity index is 2.31. The van der Waals surface area contributed by atoms with Gasteiger partial charge in [-0.25, -0.2) is 9.66 Å². The van der Waals surface area contributed by atoms with Crippen LogP contribution in [0.5, 0.6) is 5.75 Å². The van der Waals surface area contributed by atoms with Gasteiger partial charge in [-0.1, -0.05) is 0 Å². The van der Waals surface area contributed by atoms with Gasteiger partial charge in [0, 0.05) is 5.56 Å². The van der Waals surface area contributed by atoms with E-state index in [9.17, 15) is 8.78 Å². The third-order valence-corrected chi connectivity index (χ3v) is 2.48. The van der Waals surface area contributed by atoms with Crippen molar-refractivity contribution in [1.82, 2.24) is 9.66 Å². The average molecular weight is 254 g/mol. The van der Waals surface area contributed by atoms with Crippen LogP contribution in [0.15, 0.2) is 24.3 Å². The Morgan fingerprint density at radius 1 is 1.28 bits per heavy atom. The molecule has 0 fully saturated rings. The zero-order valence-corrected chi connectivity index (χ0v) is 9.60. The Morgan fingerprint density at radius 3 is 2.33 bits per heavy atom. The van der Waals surface area contributed by atoms with Crippen molar-refractivity contribution in [3.63, 3.8) is 0 Å². The highest BCUT2D eigenvalue weighted by molar-refractivity contribution is 5.71. The third kappa shape index (κ3) is 2.20. The number of ether oxygens (including phenoxy) is 1. The highest BCUT2D eigenvalue weighted by atomic mass is 19.3. The van der Waals surface area contributed by atoms with Crippen LogP contribution in [0.2, 0.25) is 0 Å². The molecule has 0 aliphatic heterocycles. The summed E-state index contributed by atoms with van der Waals surface area (Å²) in [5.41, 5.74) is 6.97. The van der Waals surface area contributed by atoms with Crippen molar-refractivity contribution in [2.24, 2.45) is 0 Å². The van der Waals surface area contributed by atoms with Crippen LogP contribution in [-0.4, -0.2) is 16.3 Å². The van der Waals surface area contributed by atoms with Crippen molar-refractivity contribution >= 4 is 5.82 Å². The minimum absolute atomic E-state index is 0.0798. The van der Waals surface area contributed by atoms with Crippen LogP contribution < -0.4 is 16.3 Å². The minimum Gasteiger partial charge on any atom is -0.435 e. The second kappa shape index (κ2) is 4.52. The molecular weight excluding hydrogens is 242 g/mol. The number of aromatic nitrogens is 2. The van der Waals surface area contributed by atoms with Gasteiger partial charge in [0.15, 0.2) is 5.82 Å². The lowest BCUT2D eigenvalue weighted by Crippen LogP contribution is -2.13. The molecule has 0 aliphatic rings. The number of aryl methyl sites for hydroxylation is 1. The highest BCUT2D eigenvalue weighted by Gasteiger charge is 2.12. The third-order valence-electron chi connectivity index (χ3n) is 2.48. The normalized spacial score (nSPS) is 10.9. The molecule has 0 aliphatic carbocycles. The molecule has 0 saturated heterocycles. The topological polar surface area (TPSA) is 79.1 Å². The van der Waals surface area contributed by atoms with Gasteiger partial charge in [0.1, 0.15) is 17.3 Å². The monoisotopic (exact) mass is 254 g/mol. The summed E-state index contributed by atoms with van der Waals surface area (Å²) >= 11 is 0. The van der Waals surface area contributed by atoms with Crippen LogP contribution in [-0.2, 0) is 0 Å². The summed E-state index contributed by atoms with van der Waals surface area (Å²) in [5, 5.41) is 0. The maximum absolute atomic E-state index is 12.0. The van der Waals surface area contributed by atoms with E-state index in [0.29, 0.717) is 22.9 Å². The van der Waals surface area contributed by atoms with Crippen molar-refractivity contribution in [1.29, 1.82) is 0 Å².